The van der Waals surface area contributed by atoms with Crippen molar-refractivity contribution in [2.24, 2.45) is 5.92 Å². The Morgan fingerprint density at radius 2 is 1.78 bits per heavy atom. The Labute approximate surface area is 166 Å². The number of nitrogens with zero attached hydrogens (tertiary/aromatic N) is 3. The van der Waals surface area contributed by atoms with Crippen molar-refractivity contribution in [3.8, 4) is 0 Å². The van der Waals surface area contributed by atoms with E-state index in [1.807, 2.05) is 5.38 Å². The lowest BCUT2D eigenvalue weighted by molar-refractivity contribution is 0.0386. The second kappa shape index (κ2) is 7.79. The lowest BCUT2D eigenvalue weighted by Crippen LogP contribution is -2.49. The van der Waals surface area contributed by atoms with Gasteiger partial charge in [-0.25, -0.2) is 17.7 Å². The smallest absolute Gasteiger partial charge is 0.273 e. The number of carbonyl (C=O) groups excluding carboxylic acids is 1. The Morgan fingerprint density at radius 1 is 1.07 bits per heavy atom. The molecule has 8 heteroatoms. The number of aromatic nitrogens is 1. The molecular formula is C19H29N3O3S2. The molecule has 4 rings (SSSR count). The molecule has 3 heterocycles. The quantitative estimate of drug-likeness (QED) is 0.766. The van der Waals surface area contributed by atoms with Crippen LogP contribution >= 0.6 is 11.3 Å². The molecule has 2 atom stereocenters. The number of hydrogen-bond acceptors (Lipinski definition) is 5. The highest BCUT2D eigenvalue weighted by Gasteiger charge is 2.37. The second-order valence-electron chi connectivity index (χ2n) is 8.26. The van der Waals surface area contributed by atoms with E-state index in [1.165, 1.54) is 31.9 Å². The number of fused-ring (bicyclic) bond motifs is 1. The fourth-order valence-electron chi connectivity index (χ4n) is 5.03. The zero-order valence-corrected chi connectivity index (χ0v) is 17.6. The van der Waals surface area contributed by atoms with E-state index in [0.717, 1.165) is 37.2 Å². The van der Waals surface area contributed by atoms with Crippen molar-refractivity contribution in [2.75, 3.05) is 25.9 Å². The highest BCUT2D eigenvalue weighted by Crippen LogP contribution is 2.37. The van der Waals surface area contributed by atoms with Crippen LogP contribution in [0, 0.1) is 5.92 Å². The van der Waals surface area contributed by atoms with Gasteiger partial charge in [0.25, 0.3) is 5.91 Å². The predicted molar refractivity (Wildman–Crippen MR) is 107 cm³/mol. The molecule has 0 N–H and O–H groups in total. The largest absolute Gasteiger partial charge is 0.334 e. The number of sulfonamides is 1. The monoisotopic (exact) mass is 411 g/mol. The third kappa shape index (κ3) is 4.07. The number of rotatable bonds is 3. The molecule has 2 unspecified atom stereocenters. The van der Waals surface area contributed by atoms with Crippen molar-refractivity contribution >= 4 is 27.3 Å². The maximum absolute atomic E-state index is 13.1. The van der Waals surface area contributed by atoms with Crippen molar-refractivity contribution in [1.29, 1.82) is 0 Å². The number of likely N-dealkylation sites (tertiary alicyclic amines) is 1. The van der Waals surface area contributed by atoms with Crippen molar-refractivity contribution in [3.63, 3.8) is 0 Å². The summed E-state index contributed by atoms with van der Waals surface area (Å²) in [6.45, 7) is 1.95. The highest BCUT2D eigenvalue weighted by molar-refractivity contribution is 7.88. The molecule has 6 nitrogen and oxygen atoms in total. The SMILES string of the molecule is CS(=O)(=O)N1CCC(c2nc(C(=O)N3CCCC4CCCCC43)cs2)CC1. The van der Waals surface area contributed by atoms with Crippen LogP contribution in [0.2, 0.25) is 0 Å². The fourth-order valence-corrected chi connectivity index (χ4v) is 6.87. The fraction of sp³-hybridized carbons (Fsp3) is 0.789. The van der Waals surface area contributed by atoms with Gasteiger partial charge in [-0.15, -0.1) is 11.3 Å². The van der Waals surface area contributed by atoms with E-state index in [9.17, 15) is 13.2 Å². The minimum absolute atomic E-state index is 0.0997. The van der Waals surface area contributed by atoms with Crippen LogP contribution in [0.15, 0.2) is 5.38 Å². The van der Waals surface area contributed by atoms with Crippen LogP contribution in [0.1, 0.15) is 72.8 Å². The molecule has 2 saturated heterocycles. The molecule has 150 valence electrons. The zero-order chi connectivity index (χ0) is 19.0. The van der Waals surface area contributed by atoms with Crippen molar-refractivity contribution in [2.45, 2.75) is 63.3 Å². The summed E-state index contributed by atoms with van der Waals surface area (Å²) in [6, 6.07) is 0.406. The van der Waals surface area contributed by atoms with E-state index >= 15 is 0 Å². The lowest BCUT2D eigenvalue weighted by Gasteiger charge is -2.43. The summed E-state index contributed by atoms with van der Waals surface area (Å²) in [5.74, 6) is 1.04. The van der Waals surface area contributed by atoms with Gasteiger partial charge >= 0.3 is 0 Å². The number of amides is 1. The normalized spacial score (nSPS) is 28.1. The van der Waals surface area contributed by atoms with Gasteiger partial charge in [0.2, 0.25) is 10.0 Å². The van der Waals surface area contributed by atoms with Gasteiger partial charge in [0, 0.05) is 37.0 Å². The molecule has 1 aromatic heterocycles. The molecule has 0 spiro atoms. The molecule has 1 aliphatic carbocycles. The van der Waals surface area contributed by atoms with Crippen LogP contribution in [-0.2, 0) is 10.0 Å². The van der Waals surface area contributed by atoms with Gasteiger partial charge in [-0.3, -0.25) is 4.79 Å². The van der Waals surface area contributed by atoms with Crippen molar-refractivity contribution in [3.05, 3.63) is 16.1 Å². The molecule has 3 aliphatic rings. The van der Waals surface area contributed by atoms with Gasteiger partial charge in [0.05, 0.1) is 11.3 Å². The third-order valence-corrected chi connectivity index (χ3v) is 8.83. The zero-order valence-electron chi connectivity index (χ0n) is 16.0. The van der Waals surface area contributed by atoms with Crippen LogP contribution in [0.4, 0.5) is 0 Å². The minimum Gasteiger partial charge on any atom is -0.334 e. The summed E-state index contributed by atoms with van der Waals surface area (Å²) in [5.41, 5.74) is 0.590. The maximum Gasteiger partial charge on any atom is 0.273 e. The number of hydrogen-bond donors (Lipinski definition) is 0. The van der Waals surface area contributed by atoms with Crippen LogP contribution in [0.25, 0.3) is 0 Å². The molecule has 1 aromatic rings. The van der Waals surface area contributed by atoms with Crippen LogP contribution < -0.4 is 0 Å². The van der Waals surface area contributed by atoms with E-state index in [0.29, 0.717) is 30.7 Å². The summed E-state index contributed by atoms with van der Waals surface area (Å²) >= 11 is 1.56. The third-order valence-electron chi connectivity index (χ3n) is 6.52. The van der Waals surface area contributed by atoms with E-state index < -0.39 is 10.0 Å². The molecule has 1 amide bonds. The van der Waals surface area contributed by atoms with Gasteiger partial charge in [-0.2, -0.15) is 0 Å². The molecule has 0 aromatic carbocycles. The predicted octanol–water partition coefficient (Wildman–Crippen LogP) is 3.08. The first kappa shape index (κ1) is 19.3. The number of carbonyl (C=O) groups is 1. The molecule has 0 bridgehead atoms. The van der Waals surface area contributed by atoms with E-state index in [4.69, 9.17) is 4.98 Å². The minimum atomic E-state index is -3.11. The number of piperidine rings is 2. The highest BCUT2D eigenvalue weighted by atomic mass is 32.2. The Bertz CT molecular complexity index is 782. The van der Waals surface area contributed by atoms with Crippen LogP contribution in [-0.4, -0.2) is 60.4 Å². The van der Waals surface area contributed by atoms with Gasteiger partial charge in [-0.1, -0.05) is 12.8 Å². The maximum atomic E-state index is 13.1. The summed E-state index contributed by atoms with van der Waals surface area (Å²) in [7, 11) is -3.11. The molecular weight excluding hydrogens is 382 g/mol. The Balaban J connectivity index is 1.42. The summed E-state index contributed by atoms with van der Waals surface area (Å²) < 4.78 is 24.9. The average molecular weight is 412 g/mol. The average Bonchev–Trinajstić information content (AvgIpc) is 3.16. The lowest BCUT2D eigenvalue weighted by atomic mass is 9.78. The Morgan fingerprint density at radius 3 is 2.52 bits per heavy atom. The first-order valence-electron chi connectivity index (χ1n) is 10.1. The first-order valence-corrected chi connectivity index (χ1v) is 12.9. The van der Waals surface area contributed by atoms with Crippen LogP contribution in [0.5, 0.6) is 0 Å². The van der Waals surface area contributed by atoms with Crippen molar-refractivity contribution in [1.82, 2.24) is 14.2 Å². The summed E-state index contributed by atoms with van der Waals surface area (Å²) in [4.78, 5) is 19.9. The van der Waals surface area contributed by atoms with Crippen LogP contribution in [0.3, 0.4) is 0 Å². The molecule has 0 radical (unpaired) electrons. The van der Waals surface area contributed by atoms with E-state index in [2.05, 4.69) is 4.90 Å². The van der Waals surface area contributed by atoms with E-state index in [1.54, 1.807) is 15.6 Å². The standard InChI is InChI=1S/C19H29N3O3S2/c1-27(24,25)21-11-8-15(9-12-21)18-20-16(13-26-18)19(23)22-10-4-6-14-5-2-3-7-17(14)22/h13-15,17H,2-12H2,1H3. The van der Waals surface area contributed by atoms with Gasteiger partial charge < -0.3 is 4.90 Å². The van der Waals surface area contributed by atoms with E-state index in [-0.39, 0.29) is 11.8 Å². The summed E-state index contributed by atoms with van der Waals surface area (Å²) in [6.07, 6.45) is 10.1. The van der Waals surface area contributed by atoms with Gasteiger partial charge in [-0.05, 0) is 44.4 Å². The topological polar surface area (TPSA) is 70.6 Å². The van der Waals surface area contributed by atoms with Gasteiger partial charge in [0.1, 0.15) is 5.69 Å². The second-order valence-corrected chi connectivity index (χ2v) is 11.1. The number of thiazole rings is 1. The molecule has 27 heavy (non-hydrogen) atoms. The Hall–Kier alpha value is -0.990. The molecule has 1 saturated carbocycles. The molecule has 3 fully saturated rings. The van der Waals surface area contributed by atoms with Gasteiger partial charge in [0.15, 0.2) is 0 Å². The first-order chi connectivity index (χ1) is 12.9. The summed E-state index contributed by atoms with van der Waals surface area (Å²) in [5, 5.41) is 2.90. The Kier molecular flexibility index (Phi) is 5.58. The van der Waals surface area contributed by atoms with Crippen molar-refractivity contribution < 1.29 is 13.2 Å². The molecule has 2 aliphatic heterocycles.